The van der Waals surface area contributed by atoms with Gasteiger partial charge in [0, 0.05) is 18.2 Å². The van der Waals surface area contributed by atoms with Crippen LogP contribution in [0.4, 0.5) is 0 Å². The molecule has 0 spiro atoms. The topological polar surface area (TPSA) is 93.7 Å². The van der Waals surface area contributed by atoms with E-state index in [1.165, 1.54) is 0 Å². The summed E-state index contributed by atoms with van der Waals surface area (Å²) in [5, 5.41) is 5.46. The minimum atomic E-state index is -0.840. The van der Waals surface area contributed by atoms with Crippen molar-refractivity contribution in [2.75, 3.05) is 19.8 Å². The van der Waals surface area contributed by atoms with Gasteiger partial charge in [-0.3, -0.25) is 14.4 Å². The lowest BCUT2D eigenvalue weighted by Gasteiger charge is -2.19. The maximum Gasteiger partial charge on any atom is 0.289 e. The van der Waals surface area contributed by atoms with E-state index >= 15 is 0 Å². The van der Waals surface area contributed by atoms with Crippen molar-refractivity contribution in [3.8, 4) is 0 Å². The predicted molar refractivity (Wildman–Crippen MR) is 98.2 cm³/mol. The lowest BCUT2D eigenvalue weighted by atomic mass is 10.0. The van der Waals surface area contributed by atoms with E-state index in [-0.39, 0.29) is 18.6 Å². The van der Waals surface area contributed by atoms with Gasteiger partial charge in [0.1, 0.15) is 0 Å². The van der Waals surface area contributed by atoms with Gasteiger partial charge < -0.3 is 20.1 Å². The van der Waals surface area contributed by atoms with Gasteiger partial charge >= 0.3 is 0 Å². The van der Waals surface area contributed by atoms with Crippen molar-refractivity contribution in [3.05, 3.63) is 35.4 Å². The molecule has 0 saturated heterocycles. The molecule has 1 atom stereocenters. The summed E-state index contributed by atoms with van der Waals surface area (Å²) in [4.78, 5) is 37.5. The van der Waals surface area contributed by atoms with Crippen LogP contribution >= 0.6 is 0 Å². The van der Waals surface area contributed by atoms with E-state index in [1.807, 2.05) is 12.1 Å². The number of rotatable bonds is 3. The molecule has 1 heterocycles. The minimum absolute atomic E-state index is 0.0990. The third-order valence-electron chi connectivity index (χ3n) is 4.68. The molecule has 7 nitrogen and oxygen atoms in total. The van der Waals surface area contributed by atoms with Gasteiger partial charge in [0.05, 0.1) is 25.9 Å². The molecule has 1 aromatic carbocycles. The smallest absolute Gasteiger partial charge is 0.289 e. The van der Waals surface area contributed by atoms with Gasteiger partial charge in [-0.1, -0.05) is 18.2 Å². The summed E-state index contributed by atoms with van der Waals surface area (Å²) in [6.07, 6.45) is 3.64. The third-order valence-corrected chi connectivity index (χ3v) is 4.68. The van der Waals surface area contributed by atoms with Crippen molar-refractivity contribution in [2.24, 2.45) is 0 Å². The highest BCUT2D eigenvalue weighted by Crippen LogP contribution is 2.19. The number of Topliss-reactive ketones (excluding diaryl/α,β-unsaturated/α-hetero) is 1. The summed E-state index contributed by atoms with van der Waals surface area (Å²) >= 11 is 0. The van der Waals surface area contributed by atoms with Gasteiger partial charge in [-0.25, -0.2) is 0 Å². The molecule has 1 aromatic rings. The summed E-state index contributed by atoms with van der Waals surface area (Å²) in [6, 6.07) is 6.37. The number of ether oxygens (including phenoxy) is 2. The van der Waals surface area contributed by atoms with Gasteiger partial charge in [-0.05, 0) is 43.7 Å². The standard InChI is InChI=1S/C20H26N2O5/c23-18(20(25)21-15-8-9-15)17-7-3-4-10-26-11-12-27-13-14-5-1-2-6-16(14)19(24)22-17/h1-2,5-6,15,17H,3-4,7-13H2,(H,21,25)(H,22,24). The first-order chi connectivity index (χ1) is 13.1. The molecular weight excluding hydrogens is 348 g/mol. The number of amides is 2. The molecule has 1 fully saturated rings. The molecule has 2 aliphatic rings. The second-order valence-electron chi connectivity index (χ2n) is 6.96. The lowest BCUT2D eigenvalue weighted by Crippen LogP contribution is -2.48. The second kappa shape index (κ2) is 9.62. The van der Waals surface area contributed by atoms with E-state index in [0.29, 0.717) is 38.2 Å². The van der Waals surface area contributed by atoms with Gasteiger partial charge in [0.2, 0.25) is 5.78 Å². The van der Waals surface area contributed by atoms with Crippen LogP contribution in [0, 0.1) is 0 Å². The molecule has 1 saturated carbocycles. The molecule has 7 heteroatoms. The number of carbonyl (C=O) groups excluding carboxylic acids is 3. The molecular formula is C20H26N2O5. The average Bonchev–Trinajstić information content (AvgIpc) is 3.48. The molecule has 0 radical (unpaired) electrons. The Bertz CT molecular complexity index is 687. The normalized spacial score (nSPS) is 22.1. The molecule has 146 valence electrons. The molecule has 2 N–H and O–H groups in total. The molecule has 3 rings (SSSR count). The van der Waals surface area contributed by atoms with Crippen LogP contribution in [0.25, 0.3) is 0 Å². The Balaban J connectivity index is 1.74. The summed E-state index contributed by atoms with van der Waals surface area (Å²) in [5.41, 5.74) is 1.19. The number of ketones is 1. The maximum absolute atomic E-state index is 12.8. The first-order valence-electron chi connectivity index (χ1n) is 9.54. The van der Waals surface area contributed by atoms with Gasteiger partial charge in [-0.2, -0.15) is 0 Å². The number of hydrogen-bond donors (Lipinski definition) is 2. The lowest BCUT2D eigenvalue weighted by molar-refractivity contribution is -0.139. The highest BCUT2D eigenvalue weighted by molar-refractivity contribution is 6.38. The van der Waals surface area contributed by atoms with Crippen LogP contribution in [0.5, 0.6) is 0 Å². The number of hydrogen-bond acceptors (Lipinski definition) is 5. The van der Waals surface area contributed by atoms with Crippen LogP contribution in [0.3, 0.4) is 0 Å². The zero-order chi connectivity index (χ0) is 19.1. The van der Waals surface area contributed by atoms with E-state index in [9.17, 15) is 14.4 Å². The van der Waals surface area contributed by atoms with Gasteiger partial charge in [0.25, 0.3) is 11.8 Å². The van der Waals surface area contributed by atoms with E-state index in [2.05, 4.69) is 10.6 Å². The van der Waals surface area contributed by atoms with E-state index in [4.69, 9.17) is 9.47 Å². The van der Waals surface area contributed by atoms with Crippen LogP contribution < -0.4 is 10.6 Å². The van der Waals surface area contributed by atoms with E-state index in [1.54, 1.807) is 12.1 Å². The van der Waals surface area contributed by atoms with Crippen molar-refractivity contribution in [1.29, 1.82) is 0 Å². The maximum atomic E-state index is 12.8. The quantitative estimate of drug-likeness (QED) is 0.779. The van der Waals surface area contributed by atoms with Gasteiger partial charge in [0.15, 0.2) is 0 Å². The second-order valence-corrected chi connectivity index (χ2v) is 6.96. The van der Waals surface area contributed by atoms with Crippen LogP contribution in [0.2, 0.25) is 0 Å². The Morgan fingerprint density at radius 3 is 2.59 bits per heavy atom. The fourth-order valence-electron chi connectivity index (χ4n) is 2.97. The van der Waals surface area contributed by atoms with Gasteiger partial charge in [-0.15, -0.1) is 0 Å². The largest absolute Gasteiger partial charge is 0.379 e. The number of fused-ring (bicyclic) bond motifs is 1. The summed E-state index contributed by atoms with van der Waals surface area (Å²) < 4.78 is 11.1. The molecule has 2 amide bonds. The Kier molecular flexibility index (Phi) is 6.95. The Morgan fingerprint density at radius 1 is 1.00 bits per heavy atom. The molecule has 0 bridgehead atoms. The zero-order valence-electron chi connectivity index (χ0n) is 15.4. The van der Waals surface area contributed by atoms with Crippen molar-refractivity contribution in [1.82, 2.24) is 10.6 Å². The van der Waals surface area contributed by atoms with Crippen LogP contribution in [-0.4, -0.2) is 49.5 Å². The number of benzene rings is 1. The third kappa shape index (κ3) is 5.87. The monoisotopic (exact) mass is 374 g/mol. The summed E-state index contributed by atoms with van der Waals surface area (Å²) in [5.74, 6) is -1.56. The average molecular weight is 374 g/mol. The molecule has 1 unspecified atom stereocenters. The number of nitrogens with one attached hydrogen (secondary N) is 2. The van der Waals surface area contributed by atoms with Crippen molar-refractivity contribution < 1.29 is 23.9 Å². The fraction of sp³-hybridized carbons (Fsp3) is 0.550. The minimum Gasteiger partial charge on any atom is -0.379 e. The zero-order valence-corrected chi connectivity index (χ0v) is 15.4. The SMILES string of the molecule is O=C(NC1CC1)C(=O)C1CCCCOCCOCc2ccccc2C(=O)N1. The van der Waals surface area contributed by atoms with Crippen LogP contribution in [-0.2, 0) is 25.7 Å². The summed E-state index contributed by atoms with van der Waals surface area (Å²) in [7, 11) is 0. The Hall–Kier alpha value is -2.25. The predicted octanol–water partition coefficient (Wildman–Crippen LogP) is 1.35. The van der Waals surface area contributed by atoms with Crippen molar-refractivity contribution >= 4 is 17.6 Å². The van der Waals surface area contributed by atoms with Crippen LogP contribution in [0.15, 0.2) is 24.3 Å². The highest BCUT2D eigenvalue weighted by atomic mass is 16.5. The Labute approximate surface area is 158 Å². The fourth-order valence-corrected chi connectivity index (χ4v) is 2.97. The van der Waals surface area contributed by atoms with Crippen molar-refractivity contribution in [3.63, 3.8) is 0 Å². The molecule has 0 aromatic heterocycles. The van der Waals surface area contributed by atoms with Crippen LogP contribution in [0.1, 0.15) is 48.0 Å². The molecule has 1 aliphatic heterocycles. The van der Waals surface area contributed by atoms with E-state index < -0.39 is 17.7 Å². The first kappa shape index (κ1) is 19.5. The molecule has 27 heavy (non-hydrogen) atoms. The molecule has 1 aliphatic carbocycles. The first-order valence-corrected chi connectivity index (χ1v) is 9.54. The van der Waals surface area contributed by atoms with Crippen molar-refractivity contribution in [2.45, 2.75) is 50.8 Å². The Morgan fingerprint density at radius 2 is 1.78 bits per heavy atom. The van der Waals surface area contributed by atoms with E-state index in [0.717, 1.165) is 24.8 Å². The highest BCUT2D eigenvalue weighted by Gasteiger charge is 2.31. The number of carbonyl (C=O) groups is 3. The summed E-state index contributed by atoms with van der Waals surface area (Å²) in [6.45, 7) is 1.79.